The number of fused-ring (bicyclic) bond motifs is 18. The molecule has 15 aromatic carbocycles. The molecule has 0 fully saturated rings. The maximum Gasteiger partial charge on any atom is 0.132 e. The van der Waals surface area contributed by atoms with Crippen LogP contribution in [-0.2, 0) is 6.42 Å². The molecule has 0 aliphatic carbocycles. The molecule has 0 spiro atoms. The van der Waals surface area contributed by atoms with E-state index in [2.05, 4.69) is 303 Å². The van der Waals surface area contributed by atoms with Crippen LogP contribution in [0.25, 0.3) is 75.8 Å². The Balaban J connectivity index is 0.000000148. The zero-order valence-electron chi connectivity index (χ0n) is 58.0. The van der Waals surface area contributed by atoms with Crippen LogP contribution < -0.4 is 14.2 Å². The lowest BCUT2D eigenvalue weighted by Crippen LogP contribution is -2.13. The first-order valence-electron chi connectivity index (χ1n) is 35.0. The first-order chi connectivity index (χ1) is 47.7. The number of ether oxygens (including phenoxy) is 3. The molecule has 96 heavy (non-hydrogen) atoms. The van der Waals surface area contributed by atoms with Crippen molar-refractivity contribution in [2.24, 2.45) is 0 Å². The molecule has 0 radical (unpaired) electrons. The van der Waals surface area contributed by atoms with Gasteiger partial charge >= 0.3 is 0 Å². The zero-order chi connectivity index (χ0) is 67.5. The molecule has 0 saturated heterocycles. The molecule has 15 aromatic rings. The van der Waals surface area contributed by atoms with E-state index >= 15 is 0 Å². The van der Waals surface area contributed by atoms with Crippen molar-refractivity contribution in [2.45, 2.75) is 101 Å². The fourth-order valence-electron chi connectivity index (χ4n) is 13.5. The minimum absolute atomic E-state index is 0.0840. The molecule has 0 aromatic heterocycles. The summed E-state index contributed by atoms with van der Waals surface area (Å²) in [6.07, 6.45) is 0.924. The molecule has 0 bridgehead atoms. The maximum atomic E-state index is 6.54. The number of rotatable bonds is 3. The highest BCUT2D eigenvalue weighted by Gasteiger charge is 2.34. The number of benzene rings is 15. The Bertz CT molecular complexity index is 4770. The molecule has 0 saturated carbocycles. The van der Waals surface area contributed by atoms with Crippen molar-refractivity contribution in [1.29, 1.82) is 0 Å². The van der Waals surface area contributed by atoms with Crippen molar-refractivity contribution in [2.75, 3.05) is 0 Å². The second-order valence-corrected chi connectivity index (χ2v) is 22.1. The van der Waals surface area contributed by atoms with E-state index in [1.54, 1.807) is 0 Å². The minimum Gasteiger partial charge on any atom is -0.457 e. The molecule has 0 atom stereocenters. The van der Waals surface area contributed by atoms with Crippen LogP contribution in [0.5, 0.6) is 34.5 Å². The van der Waals surface area contributed by atoms with Crippen LogP contribution in [0.3, 0.4) is 0 Å². The van der Waals surface area contributed by atoms with Gasteiger partial charge in [-0.3, -0.25) is 0 Å². The van der Waals surface area contributed by atoms with Crippen LogP contribution in [0.4, 0.5) is 0 Å². The molecule has 0 N–H and O–H groups in total. The summed E-state index contributed by atoms with van der Waals surface area (Å²) >= 11 is 0. The molecule has 3 aliphatic heterocycles. The smallest absolute Gasteiger partial charge is 0.132 e. The van der Waals surface area contributed by atoms with Crippen LogP contribution >= 0.6 is 0 Å². The summed E-state index contributed by atoms with van der Waals surface area (Å²) < 4.78 is 19.2. The van der Waals surface area contributed by atoms with E-state index in [1.165, 1.54) is 120 Å². The average Bonchev–Trinajstić information content (AvgIpc) is 0.739. The molecule has 0 amide bonds. The van der Waals surface area contributed by atoms with E-state index < -0.39 is 0 Å². The Kier molecular flexibility index (Phi) is 23.3. The average molecular weight is 1260 g/mol. The molecule has 3 nitrogen and oxygen atoms in total. The van der Waals surface area contributed by atoms with Gasteiger partial charge < -0.3 is 14.2 Å². The van der Waals surface area contributed by atoms with E-state index in [0.29, 0.717) is 0 Å². The molecule has 3 heterocycles. The van der Waals surface area contributed by atoms with Crippen molar-refractivity contribution in [1.82, 2.24) is 0 Å². The van der Waals surface area contributed by atoms with Crippen LogP contribution in [0.2, 0.25) is 0 Å². The van der Waals surface area contributed by atoms with Gasteiger partial charge in [0.05, 0.1) is 0 Å². The van der Waals surface area contributed by atoms with Gasteiger partial charge in [-0.05, 0) is 123 Å². The second kappa shape index (κ2) is 32.9. The number of hydrogen-bond donors (Lipinski definition) is 0. The SMILES string of the molecule is CC.CC.CC.CC.CC.CC.c1ccc(-c2ccc(C3c4c(ccc5ccccc45)Oc4ccc5ccccc5c43)cc2)cc1.c1ccc(C2c3c(ccc4ccccc34)Oc3ccc4ccccc4c32)cc1.c1ccc2c3c(ccc2c1)Oc1ccc2ccccc2c1C3. The Morgan fingerprint density at radius 1 is 0.198 bits per heavy atom. The predicted molar refractivity (Wildman–Crippen MR) is 415 cm³/mol. The quantitative estimate of drug-likeness (QED) is 0.176. The highest BCUT2D eigenvalue weighted by molar-refractivity contribution is 5.98. The van der Waals surface area contributed by atoms with Gasteiger partial charge in [-0.15, -0.1) is 0 Å². The van der Waals surface area contributed by atoms with Gasteiger partial charge in [0, 0.05) is 51.6 Å². The van der Waals surface area contributed by atoms with Gasteiger partial charge in [0.2, 0.25) is 0 Å². The third-order valence-electron chi connectivity index (χ3n) is 17.4. The summed E-state index contributed by atoms with van der Waals surface area (Å²) in [7, 11) is 0. The first kappa shape index (κ1) is 68.1. The Hall–Kier alpha value is -10.7. The zero-order valence-corrected chi connectivity index (χ0v) is 58.0. The molecular formula is C93H90O3. The highest BCUT2D eigenvalue weighted by Crippen LogP contribution is 2.54. The van der Waals surface area contributed by atoms with E-state index in [0.717, 1.165) is 40.9 Å². The topological polar surface area (TPSA) is 27.7 Å². The third kappa shape index (κ3) is 13.6. The fourth-order valence-corrected chi connectivity index (χ4v) is 13.5. The van der Waals surface area contributed by atoms with Crippen molar-refractivity contribution in [3.63, 3.8) is 0 Å². The van der Waals surface area contributed by atoms with Gasteiger partial charge in [0.1, 0.15) is 34.5 Å². The molecule has 18 rings (SSSR count). The third-order valence-corrected chi connectivity index (χ3v) is 17.4. The second-order valence-electron chi connectivity index (χ2n) is 22.1. The lowest BCUT2D eigenvalue weighted by Gasteiger charge is -2.31. The predicted octanol–water partition coefficient (Wildman–Crippen LogP) is 28.1. The van der Waals surface area contributed by atoms with E-state index in [1.807, 2.05) is 83.1 Å². The maximum absolute atomic E-state index is 6.54. The standard InChI is InChI=1S/C33H22O.C27H18O.C21H14O.6C2H6/c1-2-8-22(9-3-1)23-14-16-26(17-15-23)31-32-27-12-6-4-10-24(27)18-20-29(32)34-30-21-19-25-11-5-7-13-28(25)33(30)31;1-2-10-20(11-3-1)25-26-21-12-6-4-8-18(21)14-16-23(26)28-24-17-15-19-9-5-7-13-22(19)27(24)25;1-3-7-16-14(5-1)9-11-20-18(16)13-19-17-8-4-2-6-15(17)10-12-21(19)22-20;6*1-2/h1-21,31H;1-17,25H;1-12H,13H2;6*1-2H3. The largest absolute Gasteiger partial charge is 0.457 e. The van der Waals surface area contributed by atoms with Crippen LogP contribution in [0, 0.1) is 0 Å². The summed E-state index contributed by atoms with van der Waals surface area (Å²) in [5.41, 5.74) is 12.6. The van der Waals surface area contributed by atoms with Gasteiger partial charge in [-0.2, -0.15) is 0 Å². The molecule has 480 valence electrons. The van der Waals surface area contributed by atoms with Crippen LogP contribution in [0.1, 0.15) is 139 Å². The van der Waals surface area contributed by atoms with Crippen LogP contribution in [-0.4, -0.2) is 0 Å². The van der Waals surface area contributed by atoms with Crippen LogP contribution in [0.15, 0.2) is 303 Å². The van der Waals surface area contributed by atoms with Gasteiger partial charge in [0.25, 0.3) is 0 Å². The molecule has 3 heteroatoms. The lowest BCUT2D eigenvalue weighted by molar-refractivity contribution is 0.456. The van der Waals surface area contributed by atoms with E-state index in [9.17, 15) is 0 Å². The monoisotopic (exact) mass is 1250 g/mol. The number of hydrogen-bond acceptors (Lipinski definition) is 3. The van der Waals surface area contributed by atoms with Gasteiger partial charge in [0.15, 0.2) is 0 Å². The molecule has 0 unspecified atom stereocenters. The van der Waals surface area contributed by atoms with E-state index in [4.69, 9.17) is 14.2 Å². The van der Waals surface area contributed by atoms with Crippen molar-refractivity contribution in [3.05, 3.63) is 348 Å². The Morgan fingerprint density at radius 2 is 0.427 bits per heavy atom. The van der Waals surface area contributed by atoms with Gasteiger partial charge in [-0.1, -0.05) is 350 Å². The Labute approximate surface area is 570 Å². The normalized spacial score (nSPS) is 11.7. The minimum atomic E-state index is 0.0840. The lowest BCUT2D eigenvalue weighted by atomic mass is 9.78. The van der Waals surface area contributed by atoms with Crippen molar-refractivity contribution < 1.29 is 14.2 Å². The fraction of sp³-hybridized carbons (Fsp3) is 0.161. The highest BCUT2D eigenvalue weighted by atomic mass is 16.5. The summed E-state index contributed by atoms with van der Waals surface area (Å²) in [6.45, 7) is 24.0. The van der Waals surface area contributed by atoms with Crippen molar-refractivity contribution >= 4 is 64.6 Å². The van der Waals surface area contributed by atoms with Crippen molar-refractivity contribution in [3.8, 4) is 45.6 Å². The summed E-state index contributed by atoms with van der Waals surface area (Å²) in [5.74, 6) is 5.99. The van der Waals surface area contributed by atoms with Gasteiger partial charge in [-0.25, -0.2) is 0 Å². The molecular weight excluding hydrogens is 1170 g/mol. The summed E-state index contributed by atoms with van der Waals surface area (Å²) in [5, 5.41) is 15.1. The molecule has 3 aliphatic rings. The van der Waals surface area contributed by atoms with E-state index in [-0.39, 0.29) is 11.8 Å². The summed E-state index contributed by atoms with van der Waals surface area (Å²) in [6, 6.07) is 108. The Morgan fingerprint density at radius 3 is 0.750 bits per heavy atom. The summed E-state index contributed by atoms with van der Waals surface area (Å²) in [4.78, 5) is 0. The first-order valence-corrected chi connectivity index (χ1v) is 35.0.